The minimum absolute atomic E-state index is 0.783. The van der Waals surface area contributed by atoms with E-state index in [2.05, 4.69) is 13.8 Å². The van der Waals surface area contributed by atoms with Gasteiger partial charge in [-0.25, -0.2) is 4.79 Å². The lowest BCUT2D eigenvalue weighted by Crippen LogP contribution is -1.86. The predicted molar refractivity (Wildman–Crippen MR) is 59.2 cm³/mol. The average molecular weight is 196 g/mol. The third kappa shape index (κ3) is 11.0. The summed E-state index contributed by atoms with van der Waals surface area (Å²) in [6, 6.07) is 0. The van der Waals surface area contributed by atoms with E-state index in [9.17, 15) is 4.79 Å². The third-order valence-corrected chi connectivity index (χ3v) is 1.89. The molecular formula is C12H20O2. The first-order valence-corrected chi connectivity index (χ1v) is 5.19. The summed E-state index contributed by atoms with van der Waals surface area (Å²) in [5.41, 5.74) is 0. The number of unbranched alkanes of at least 4 members (excludes halogenated alkanes) is 2. The Bertz CT molecular complexity index is 202. The van der Waals surface area contributed by atoms with Crippen LogP contribution >= 0.6 is 0 Å². The van der Waals surface area contributed by atoms with Crippen LogP contribution in [0, 0.1) is 5.92 Å². The molecule has 2 nitrogen and oxygen atoms in total. The van der Waals surface area contributed by atoms with Crippen LogP contribution in [0.1, 0.15) is 39.5 Å². The minimum Gasteiger partial charge on any atom is -0.478 e. The van der Waals surface area contributed by atoms with Gasteiger partial charge in [0.25, 0.3) is 0 Å². The van der Waals surface area contributed by atoms with Gasteiger partial charge in [0, 0.05) is 6.08 Å². The van der Waals surface area contributed by atoms with Gasteiger partial charge in [-0.2, -0.15) is 0 Å². The van der Waals surface area contributed by atoms with Gasteiger partial charge in [-0.3, -0.25) is 0 Å². The van der Waals surface area contributed by atoms with Crippen LogP contribution in [-0.4, -0.2) is 11.1 Å². The highest BCUT2D eigenvalue weighted by Crippen LogP contribution is 2.08. The minimum atomic E-state index is -0.894. The Morgan fingerprint density at radius 1 is 1.29 bits per heavy atom. The van der Waals surface area contributed by atoms with E-state index in [1.165, 1.54) is 19.3 Å². The summed E-state index contributed by atoms with van der Waals surface area (Å²) in [7, 11) is 0. The highest BCUT2D eigenvalue weighted by molar-refractivity contribution is 5.80. The zero-order valence-electron chi connectivity index (χ0n) is 9.07. The van der Waals surface area contributed by atoms with Gasteiger partial charge in [-0.1, -0.05) is 44.9 Å². The number of allylic oxidation sites excluding steroid dienone is 3. The van der Waals surface area contributed by atoms with Gasteiger partial charge in [0.05, 0.1) is 0 Å². The zero-order chi connectivity index (χ0) is 10.8. The Kier molecular flexibility index (Phi) is 7.90. The van der Waals surface area contributed by atoms with E-state index in [1.54, 1.807) is 12.2 Å². The summed E-state index contributed by atoms with van der Waals surface area (Å²) in [6.07, 6.45) is 11.3. The fourth-order valence-electron chi connectivity index (χ4n) is 1.13. The Labute approximate surface area is 86.3 Å². The van der Waals surface area contributed by atoms with E-state index in [0.29, 0.717) is 0 Å². The van der Waals surface area contributed by atoms with Crippen molar-refractivity contribution in [3.8, 4) is 0 Å². The number of carboxylic acids is 1. The number of hydrogen-bond donors (Lipinski definition) is 1. The molecule has 0 aliphatic rings. The molecule has 0 aromatic heterocycles. The molecule has 0 unspecified atom stereocenters. The lowest BCUT2D eigenvalue weighted by Gasteiger charge is -2.01. The van der Waals surface area contributed by atoms with Gasteiger partial charge in [0.2, 0.25) is 0 Å². The van der Waals surface area contributed by atoms with Crippen LogP contribution in [0.15, 0.2) is 24.3 Å². The van der Waals surface area contributed by atoms with E-state index in [0.717, 1.165) is 18.4 Å². The summed E-state index contributed by atoms with van der Waals surface area (Å²) in [5, 5.41) is 8.29. The lowest BCUT2D eigenvalue weighted by atomic mass is 10.1. The van der Waals surface area contributed by atoms with Gasteiger partial charge in [0.1, 0.15) is 0 Å². The Morgan fingerprint density at radius 2 is 2.00 bits per heavy atom. The zero-order valence-corrected chi connectivity index (χ0v) is 9.07. The topological polar surface area (TPSA) is 37.3 Å². The first-order valence-electron chi connectivity index (χ1n) is 5.19. The van der Waals surface area contributed by atoms with Crippen LogP contribution < -0.4 is 0 Å². The summed E-state index contributed by atoms with van der Waals surface area (Å²) in [4.78, 5) is 10.1. The molecule has 1 N–H and O–H groups in total. The molecule has 0 fully saturated rings. The fourth-order valence-corrected chi connectivity index (χ4v) is 1.13. The summed E-state index contributed by atoms with van der Waals surface area (Å²) >= 11 is 0. The maximum absolute atomic E-state index is 10.1. The lowest BCUT2D eigenvalue weighted by molar-refractivity contribution is -0.131. The van der Waals surface area contributed by atoms with Crippen LogP contribution in [0.2, 0.25) is 0 Å². The second-order valence-electron chi connectivity index (χ2n) is 3.80. The summed E-state index contributed by atoms with van der Waals surface area (Å²) in [6.45, 7) is 4.46. The van der Waals surface area contributed by atoms with Crippen LogP contribution in [-0.2, 0) is 4.79 Å². The Hall–Kier alpha value is -1.05. The normalized spacial score (nSPS) is 11.9. The highest BCUT2D eigenvalue weighted by atomic mass is 16.4. The van der Waals surface area contributed by atoms with Crippen molar-refractivity contribution in [1.29, 1.82) is 0 Å². The molecule has 0 aliphatic heterocycles. The second kappa shape index (κ2) is 8.54. The molecule has 0 saturated carbocycles. The summed E-state index contributed by atoms with van der Waals surface area (Å²) in [5.74, 6) is -0.111. The van der Waals surface area contributed by atoms with Crippen molar-refractivity contribution in [2.24, 2.45) is 5.92 Å². The van der Waals surface area contributed by atoms with E-state index >= 15 is 0 Å². The number of carboxylic acid groups (broad SMARTS) is 1. The molecular weight excluding hydrogens is 176 g/mol. The molecule has 14 heavy (non-hydrogen) atoms. The van der Waals surface area contributed by atoms with Gasteiger partial charge in [-0.15, -0.1) is 0 Å². The largest absolute Gasteiger partial charge is 0.478 e. The van der Waals surface area contributed by atoms with E-state index in [4.69, 9.17) is 5.11 Å². The molecule has 0 bridgehead atoms. The molecule has 2 heteroatoms. The SMILES string of the molecule is CC(C)CCCCC=CC=CC(=O)O. The van der Waals surface area contributed by atoms with Crippen molar-refractivity contribution < 1.29 is 9.90 Å². The molecule has 0 saturated heterocycles. The molecule has 0 rings (SSSR count). The van der Waals surface area contributed by atoms with E-state index in [-0.39, 0.29) is 0 Å². The van der Waals surface area contributed by atoms with Crippen LogP contribution in [0.3, 0.4) is 0 Å². The number of rotatable bonds is 7. The third-order valence-electron chi connectivity index (χ3n) is 1.89. The second-order valence-corrected chi connectivity index (χ2v) is 3.80. The quantitative estimate of drug-likeness (QED) is 0.385. The first-order chi connectivity index (χ1) is 6.63. The molecule has 0 heterocycles. The van der Waals surface area contributed by atoms with Crippen LogP contribution in [0.25, 0.3) is 0 Å². The van der Waals surface area contributed by atoms with E-state index < -0.39 is 5.97 Å². The van der Waals surface area contributed by atoms with E-state index in [1.807, 2.05) is 6.08 Å². The molecule has 0 atom stereocenters. The maximum atomic E-state index is 10.1. The van der Waals surface area contributed by atoms with Crippen molar-refractivity contribution in [2.75, 3.05) is 0 Å². The molecule has 80 valence electrons. The van der Waals surface area contributed by atoms with Gasteiger partial charge >= 0.3 is 5.97 Å². The van der Waals surface area contributed by atoms with Gasteiger partial charge < -0.3 is 5.11 Å². The molecule has 0 amide bonds. The number of carbonyl (C=O) groups is 1. The number of hydrogen-bond acceptors (Lipinski definition) is 1. The van der Waals surface area contributed by atoms with Crippen molar-refractivity contribution >= 4 is 5.97 Å². The number of aliphatic carboxylic acids is 1. The molecule has 0 aromatic rings. The van der Waals surface area contributed by atoms with Crippen molar-refractivity contribution in [3.05, 3.63) is 24.3 Å². The maximum Gasteiger partial charge on any atom is 0.328 e. The van der Waals surface area contributed by atoms with Gasteiger partial charge in [0.15, 0.2) is 0 Å². The average Bonchev–Trinajstić information content (AvgIpc) is 2.08. The molecule has 0 aliphatic carbocycles. The van der Waals surface area contributed by atoms with Crippen LogP contribution in [0.4, 0.5) is 0 Å². The predicted octanol–water partition coefficient (Wildman–Crippen LogP) is 3.40. The smallest absolute Gasteiger partial charge is 0.328 e. The Morgan fingerprint density at radius 3 is 2.57 bits per heavy atom. The van der Waals surface area contributed by atoms with Crippen LogP contribution in [0.5, 0.6) is 0 Å². The fraction of sp³-hybridized carbons (Fsp3) is 0.583. The van der Waals surface area contributed by atoms with Crippen molar-refractivity contribution in [3.63, 3.8) is 0 Å². The standard InChI is InChI=1S/C12H20O2/c1-11(2)9-7-5-3-4-6-8-10-12(13)14/h4,6,8,10-11H,3,5,7,9H2,1-2H3,(H,13,14). The Balaban J connectivity index is 3.31. The monoisotopic (exact) mass is 196 g/mol. The van der Waals surface area contributed by atoms with Gasteiger partial charge in [-0.05, 0) is 18.8 Å². The molecule has 0 spiro atoms. The highest BCUT2D eigenvalue weighted by Gasteiger charge is 1.91. The molecule has 0 aromatic carbocycles. The summed E-state index contributed by atoms with van der Waals surface area (Å²) < 4.78 is 0. The first kappa shape index (κ1) is 12.9. The molecule has 0 radical (unpaired) electrons. The van der Waals surface area contributed by atoms with Crippen molar-refractivity contribution in [1.82, 2.24) is 0 Å². The van der Waals surface area contributed by atoms with Crippen molar-refractivity contribution in [2.45, 2.75) is 39.5 Å².